The van der Waals surface area contributed by atoms with Crippen molar-refractivity contribution in [1.82, 2.24) is 14.8 Å². The molecule has 1 aromatic rings. The van der Waals surface area contributed by atoms with E-state index in [1.54, 1.807) is 7.05 Å². The van der Waals surface area contributed by atoms with E-state index in [0.717, 1.165) is 19.3 Å². The van der Waals surface area contributed by atoms with Crippen molar-refractivity contribution in [2.75, 3.05) is 12.4 Å². The monoisotopic (exact) mass is 252 g/mol. The highest BCUT2D eigenvalue weighted by Gasteiger charge is 2.18. The molecule has 1 unspecified atom stereocenters. The summed E-state index contributed by atoms with van der Waals surface area (Å²) in [6.45, 7) is 3.60. The van der Waals surface area contributed by atoms with Crippen molar-refractivity contribution >= 4 is 11.6 Å². The molecule has 0 radical (unpaired) electrons. The number of aromatic nitrogens is 3. The van der Waals surface area contributed by atoms with Crippen LogP contribution in [0.25, 0.3) is 0 Å². The Bertz CT molecular complexity index is 456. The number of carbonyl (C=O) groups is 1. The van der Waals surface area contributed by atoms with E-state index in [-0.39, 0.29) is 17.2 Å². The van der Waals surface area contributed by atoms with Crippen LogP contribution in [0.2, 0.25) is 0 Å². The molecule has 1 atom stereocenters. The molecule has 0 spiro atoms. The topological polar surface area (TPSA) is 76.9 Å². The van der Waals surface area contributed by atoms with Gasteiger partial charge in [0.25, 0.3) is 5.56 Å². The van der Waals surface area contributed by atoms with Gasteiger partial charge in [-0.2, -0.15) is 0 Å². The largest absolute Gasteiger partial charge is 0.367 e. The van der Waals surface area contributed by atoms with Crippen LogP contribution in [-0.2, 0) is 4.79 Å². The van der Waals surface area contributed by atoms with Crippen LogP contribution in [0.5, 0.6) is 0 Å². The van der Waals surface area contributed by atoms with E-state index < -0.39 is 6.04 Å². The Morgan fingerprint density at radius 2 is 2.22 bits per heavy atom. The number of carbonyl (C=O) groups excluding carboxylic acids is 1. The van der Waals surface area contributed by atoms with Crippen molar-refractivity contribution in [2.24, 2.45) is 0 Å². The fourth-order valence-electron chi connectivity index (χ4n) is 1.86. The molecular weight excluding hydrogens is 232 g/mol. The zero-order chi connectivity index (χ0) is 13.5. The molecule has 0 bridgehead atoms. The lowest BCUT2D eigenvalue weighted by atomic mass is 10.1. The van der Waals surface area contributed by atoms with E-state index in [1.807, 2.05) is 0 Å². The second-order valence-corrected chi connectivity index (χ2v) is 4.26. The number of rotatable bonds is 7. The van der Waals surface area contributed by atoms with Gasteiger partial charge in [0.15, 0.2) is 5.78 Å². The highest BCUT2D eigenvalue weighted by atomic mass is 16.1. The summed E-state index contributed by atoms with van der Waals surface area (Å²) < 4.78 is 1.37. The van der Waals surface area contributed by atoms with E-state index in [0.29, 0.717) is 6.42 Å². The quantitative estimate of drug-likeness (QED) is 0.742. The average Bonchev–Trinajstić information content (AvgIpc) is 2.35. The van der Waals surface area contributed by atoms with Crippen LogP contribution in [-0.4, -0.2) is 27.6 Å². The smallest absolute Gasteiger partial charge is 0.297 e. The van der Waals surface area contributed by atoms with Crippen LogP contribution in [0.15, 0.2) is 11.1 Å². The first-order valence-electron chi connectivity index (χ1n) is 6.23. The molecule has 6 nitrogen and oxygen atoms in total. The molecule has 100 valence electrons. The minimum absolute atomic E-state index is 0.0248. The first-order chi connectivity index (χ1) is 8.61. The molecule has 18 heavy (non-hydrogen) atoms. The fraction of sp³-hybridized carbons (Fsp3) is 0.667. The molecule has 1 heterocycles. The number of unbranched alkanes of at least 4 members (excludes halogenated alkanes) is 2. The molecular formula is C12H20N4O2. The van der Waals surface area contributed by atoms with Crippen LogP contribution in [0.3, 0.4) is 0 Å². The maximum absolute atomic E-state index is 12.0. The van der Waals surface area contributed by atoms with Gasteiger partial charge in [-0.15, -0.1) is 10.2 Å². The van der Waals surface area contributed by atoms with Gasteiger partial charge in [0.2, 0.25) is 5.82 Å². The average molecular weight is 252 g/mol. The Labute approximate surface area is 106 Å². The van der Waals surface area contributed by atoms with Crippen molar-refractivity contribution < 1.29 is 4.79 Å². The molecule has 0 saturated carbocycles. The molecule has 0 amide bonds. The first kappa shape index (κ1) is 14.3. The lowest BCUT2D eigenvalue weighted by Crippen LogP contribution is -2.31. The second kappa shape index (κ2) is 6.88. The predicted octanol–water partition coefficient (Wildman–Crippen LogP) is 1.39. The molecule has 0 aliphatic carbocycles. The minimum atomic E-state index is -0.438. The number of hydrogen-bond acceptors (Lipinski definition) is 5. The summed E-state index contributed by atoms with van der Waals surface area (Å²) in [5.41, 5.74) is -0.302. The highest BCUT2D eigenvalue weighted by molar-refractivity contribution is 5.79. The van der Waals surface area contributed by atoms with Crippen LogP contribution >= 0.6 is 0 Å². The van der Waals surface area contributed by atoms with Gasteiger partial charge in [-0.1, -0.05) is 26.2 Å². The molecule has 1 aromatic heterocycles. The standard InChI is InChI=1S/C12H20N4O2/c1-4-5-6-7-10(9(2)17)16-8-14-15-11(13-3)12(16)18/h8,10H,4-7H2,1-3H3,(H,13,15). The van der Waals surface area contributed by atoms with Crippen molar-refractivity contribution in [1.29, 1.82) is 0 Å². The number of nitrogens with one attached hydrogen (secondary N) is 1. The maximum atomic E-state index is 12.0. The van der Waals surface area contributed by atoms with Crippen LogP contribution < -0.4 is 10.9 Å². The Kier molecular flexibility index (Phi) is 5.48. The Balaban J connectivity index is 2.99. The van der Waals surface area contributed by atoms with E-state index in [4.69, 9.17) is 0 Å². The van der Waals surface area contributed by atoms with E-state index in [2.05, 4.69) is 22.4 Å². The van der Waals surface area contributed by atoms with E-state index in [1.165, 1.54) is 17.8 Å². The zero-order valence-corrected chi connectivity index (χ0v) is 11.1. The molecule has 0 aliphatic heterocycles. The van der Waals surface area contributed by atoms with Gasteiger partial charge < -0.3 is 5.32 Å². The van der Waals surface area contributed by atoms with Gasteiger partial charge in [0.05, 0.1) is 6.04 Å². The highest BCUT2D eigenvalue weighted by Crippen LogP contribution is 2.15. The van der Waals surface area contributed by atoms with Gasteiger partial charge >= 0.3 is 0 Å². The number of Topliss-reactive ketones (excluding diaryl/α,β-unsaturated/α-hetero) is 1. The normalized spacial score (nSPS) is 12.2. The molecule has 0 aromatic carbocycles. The second-order valence-electron chi connectivity index (χ2n) is 4.26. The Morgan fingerprint density at radius 3 is 2.78 bits per heavy atom. The SMILES string of the molecule is CCCCCC(C(C)=O)n1cnnc(NC)c1=O. The number of hydrogen-bond donors (Lipinski definition) is 1. The lowest BCUT2D eigenvalue weighted by molar-refractivity contribution is -0.120. The van der Waals surface area contributed by atoms with Crippen molar-refractivity contribution in [3.05, 3.63) is 16.7 Å². The first-order valence-corrected chi connectivity index (χ1v) is 6.23. The van der Waals surface area contributed by atoms with Crippen molar-refractivity contribution in [3.8, 4) is 0 Å². The summed E-state index contributed by atoms with van der Waals surface area (Å²) in [4.78, 5) is 23.7. The molecule has 0 fully saturated rings. The molecule has 1 rings (SSSR count). The summed E-state index contributed by atoms with van der Waals surface area (Å²) in [7, 11) is 1.61. The zero-order valence-electron chi connectivity index (χ0n) is 11.1. The van der Waals surface area contributed by atoms with Gasteiger partial charge in [-0.25, -0.2) is 0 Å². The van der Waals surface area contributed by atoms with E-state index >= 15 is 0 Å². The summed E-state index contributed by atoms with van der Waals surface area (Å²) in [6.07, 6.45) is 5.05. The lowest BCUT2D eigenvalue weighted by Gasteiger charge is -2.16. The third-order valence-electron chi connectivity index (χ3n) is 2.89. The third-order valence-corrected chi connectivity index (χ3v) is 2.89. The Hall–Kier alpha value is -1.72. The van der Waals surface area contributed by atoms with Crippen molar-refractivity contribution in [2.45, 2.75) is 45.6 Å². The third kappa shape index (κ3) is 3.38. The molecule has 6 heteroatoms. The van der Waals surface area contributed by atoms with Gasteiger partial charge in [-0.3, -0.25) is 14.2 Å². The van der Waals surface area contributed by atoms with Crippen molar-refractivity contribution in [3.63, 3.8) is 0 Å². The van der Waals surface area contributed by atoms with Crippen LogP contribution in [0.1, 0.15) is 45.6 Å². The van der Waals surface area contributed by atoms with Gasteiger partial charge in [0.1, 0.15) is 6.33 Å². The van der Waals surface area contributed by atoms with E-state index in [9.17, 15) is 9.59 Å². The van der Waals surface area contributed by atoms with Crippen LogP contribution in [0, 0.1) is 0 Å². The number of nitrogens with zero attached hydrogens (tertiary/aromatic N) is 3. The summed E-state index contributed by atoms with van der Waals surface area (Å²) in [5.74, 6) is 0.141. The molecule has 0 saturated heterocycles. The van der Waals surface area contributed by atoms with Gasteiger partial charge in [0, 0.05) is 7.05 Å². The summed E-state index contributed by atoms with van der Waals surface area (Å²) in [5, 5.41) is 10.1. The summed E-state index contributed by atoms with van der Waals surface area (Å²) in [6, 6.07) is -0.438. The number of ketones is 1. The van der Waals surface area contributed by atoms with Gasteiger partial charge in [-0.05, 0) is 13.3 Å². The molecule has 1 N–H and O–H groups in total. The summed E-state index contributed by atoms with van der Waals surface area (Å²) >= 11 is 0. The minimum Gasteiger partial charge on any atom is -0.367 e. The van der Waals surface area contributed by atoms with Crippen LogP contribution in [0.4, 0.5) is 5.82 Å². The fourth-order valence-corrected chi connectivity index (χ4v) is 1.86. The maximum Gasteiger partial charge on any atom is 0.297 e. The predicted molar refractivity (Wildman–Crippen MR) is 69.7 cm³/mol. The number of anilines is 1. The Morgan fingerprint density at radius 1 is 1.50 bits per heavy atom. The molecule has 0 aliphatic rings.